The van der Waals surface area contributed by atoms with Gasteiger partial charge < -0.3 is 25.7 Å². The van der Waals surface area contributed by atoms with Crippen LogP contribution in [0.15, 0.2) is 53.6 Å². The largest absolute Gasteiger partial charge is 2.00 e. The van der Waals surface area contributed by atoms with Gasteiger partial charge in [-0.2, -0.15) is 0 Å². The maximum atomic E-state index is 7.91. The van der Waals surface area contributed by atoms with Gasteiger partial charge in [-0.15, -0.1) is 0 Å². The second-order valence-corrected chi connectivity index (χ2v) is 4.51. The van der Waals surface area contributed by atoms with Crippen LogP contribution in [-0.2, 0) is 29.0 Å². The fourth-order valence-corrected chi connectivity index (χ4v) is 1.83. The number of rotatable bonds is 4. The zero-order valence-electron chi connectivity index (χ0n) is 11.8. The first-order valence-electron chi connectivity index (χ1n) is 6.21. The van der Waals surface area contributed by atoms with E-state index in [1.165, 1.54) is 13.3 Å². The van der Waals surface area contributed by atoms with E-state index in [1.807, 2.05) is 30.3 Å². The number of methoxy groups -OCH3 is 1. The number of anilines is 1. The minimum atomic E-state index is 0. The number of nitrogens with zero attached hydrogens (tertiary/aromatic N) is 2. The Morgan fingerprint density at radius 3 is 2.64 bits per heavy atom. The van der Waals surface area contributed by atoms with Crippen LogP contribution in [0.2, 0.25) is 0 Å². The van der Waals surface area contributed by atoms with Crippen molar-refractivity contribution in [1.82, 2.24) is 0 Å². The summed E-state index contributed by atoms with van der Waals surface area (Å²) in [4.78, 5) is 0. The Morgan fingerprint density at radius 1 is 1.23 bits per heavy atom. The fraction of sp³-hybridized carbons (Fsp3) is 0.0667. The summed E-state index contributed by atoms with van der Waals surface area (Å²) in [5.74, 6) is 0.770. The van der Waals surface area contributed by atoms with E-state index in [9.17, 15) is 0 Å². The Bertz CT molecular complexity index is 650. The Morgan fingerprint density at radius 2 is 1.95 bits per heavy atom. The molecule has 0 saturated heterocycles. The second-order valence-electron chi connectivity index (χ2n) is 4.08. The number of hydrogen-bond acceptors (Lipinski definition) is 2. The molecule has 0 aliphatic heterocycles. The molecule has 22 heavy (non-hydrogen) atoms. The van der Waals surface area contributed by atoms with E-state index in [0.717, 1.165) is 5.69 Å². The van der Waals surface area contributed by atoms with Gasteiger partial charge in [0.05, 0.1) is 12.7 Å². The minimum Gasteiger partial charge on any atom is -0.590 e. The molecule has 115 valence electrons. The van der Waals surface area contributed by atoms with Crippen LogP contribution in [0.1, 0.15) is 5.56 Å². The van der Waals surface area contributed by atoms with E-state index in [2.05, 4.69) is 28.1 Å². The normalized spacial score (nSPS) is 9.86. The van der Waals surface area contributed by atoms with E-state index in [-0.39, 0.29) is 22.5 Å². The monoisotopic (exact) mass is 361 g/mol. The molecule has 0 amide bonds. The molecule has 1 radical (unpaired) electrons. The van der Waals surface area contributed by atoms with Gasteiger partial charge in [-0.3, -0.25) is 0 Å². The summed E-state index contributed by atoms with van der Waals surface area (Å²) in [6, 6.07) is 14.9. The Hall–Kier alpha value is -2.09. The molecule has 2 rings (SSSR count). The van der Waals surface area contributed by atoms with Crippen LogP contribution in [0, 0.1) is 0 Å². The van der Waals surface area contributed by atoms with Crippen molar-refractivity contribution >= 4 is 29.2 Å². The first-order chi connectivity index (χ1) is 10.2. The molecule has 2 aromatic carbocycles. The zero-order valence-corrected chi connectivity index (χ0v) is 13.7. The fourth-order valence-electron chi connectivity index (χ4n) is 1.65. The van der Waals surface area contributed by atoms with Gasteiger partial charge in [-0.25, -0.2) is 0 Å². The molecule has 0 spiro atoms. The Labute approximate surface area is 144 Å². The predicted molar refractivity (Wildman–Crippen MR) is 90.8 cm³/mol. The molecule has 0 aromatic heterocycles. The van der Waals surface area contributed by atoms with Crippen LogP contribution in [0.5, 0.6) is 11.5 Å². The first-order valence-corrected chi connectivity index (χ1v) is 6.66. The molecule has 0 atom stereocenters. The average Bonchev–Trinajstić information content (AvgIpc) is 2.50. The number of nitrogens with one attached hydrogen (secondary N) is 1. The van der Waals surface area contributed by atoms with E-state index >= 15 is 0 Å². The number of ether oxygens (including phenoxy) is 1. The van der Waals surface area contributed by atoms with Crippen LogP contribution >= 0.6 is 0 Å². The maximum absolute atomic E-state index is 7.91. The van der Waals surface area contributed by atoms with Gasteiger partial charge in [0, 0.05) is 11.9 Å². The van der Waals surface area contributed by atoms with Crippen LogP contribution in [0.25, 0.3) is 5.43 Å². The number of para-hydroxylation sites is 2. The van der Waals surface area contributed by atoms with Gasteiger partial charge >= 0.3 is 22.5 Å². The van der Waals surface area contributed by atoms with Crippen molar-refractivity contribution in [2.24, 2.45) is 5.10 Å². The standard InChI is InChI=1S/C15H15N3O2S.Co/c1-20-13-9-5-6-11(14(13)19)10-16-18-15(21)17-12-7-3-2-4-8-12;/h2-10H,1H3,(H3,16,17,18,19,21);/q;+2/p+1. The van der Waals surface area contributed by atoms with E-state index in [0.29, 0.717) is 16.4 Å². The van der Waals surface area contributed by atoms with E-state index < -0.39 is 0 Å². The predicted octanol–water partition coefficient (Wildman–Crippen LogP) is 2.32. The maximum Gasteiger partial charge on any atom is 2.00 e. The van der Waals surface area contributed by atoms with E-state index in [1.54, 1.807) is 18.2 Å². The third kappa shape index (κ3) is 5.03. The topological polar surface area (TPSA) is 70.6 Å². The summed E-state index contributed by atoms with van der Waals surface area (Å²) >= 11 is 4.21. The molecular formula is C15H16CoN3O2S+3. The molecule has 3 N–H and O–H groups in total. The van der Waals surface area contributed by atoms with Crippen LogP contribution < -0.4 is 10.1 Å². The molecule has 7 heteroatoms. The number of benzene rings is 2. The van der Waals surface area contributed by atoms with Crippen LogP contribution in [0.4, 0.5) is 5.69 Å². The summed E-state index contributed by atoms with van der Waals surface area (Å²) in [5.41, 5.74) is 5.43. The van der Waals surface area contributed by atoms with Crippen molar-refractivity contribution in [1.29, 1.82) is 0 Å². The van der Waals surface area contributed by atoms with Crippen LogP contribution in [0.3, 0.4) is 0 Å². The van der Waals surface area contributed by atoms with Gasteiger partial charge in [0.15, 0.2) is 12.2 Å². The molecular weight excluding hydrogens is 345 g/mol. The summed E-state index contributed by atoms with van der Waals surface area (Å²) in [7, 11) is 1.53. The van der Waals surface area contributed by atoms with Gasteiger partial charge in [-0.1, -0.05) is 24.3 Å². The van der Waals surface area contributed by atoms with Gasteiger partial charge in [0.2, 0.25) is 10.9 Å². The average molecular weight is 361 g/mol. The molecule has 0 bridgehead atoms. The number of thiol groups is 1. The third-order valence-electron chi connectivity index (χ3n) is 2.66. The van der Waals surface area contributed by atoms with Crippen LogP contribution in [-0.4, -0.2) is 23.5 Å². The van der Waals surface area contributed by atoms with Crippen molar-refractivity contribution in [2.75, 3.05) is 12.4 Å². The van der Waals surface area contributed by atoms with Gasteiger partial charge in [0.1, 0.15) is 0 Å². The van der Waals surface area contributed by atoms with Crippen molar-refractivity contribution in [3.63, 3.8) is 0 Å². The molecule has 0 unspecified atom stereocenters. The second kappa shape index (κ2) is 9.03. The quantitative estimate of drug-likeness (QED) is 0.299. The molecule has 0 aliphatic rings. The molecule has 0 saturated carbocycles. The SMILES string of the molecule is COc1cccc(C=N[N-]C(=[SH+])Nc2ccccc2)c1[OH2+].[Co+2]. The first kappa shape index (κ1) is 18.0. The molecule has 0 fully saturated rings. The third-order valence-corrected chi connectivity index (χ3v) is 2.86. The summed E-state index contributed by atoms with van der Waals surface area (Å²) in [5, 5.41) is 15.2. The molecule has 0 aliphatic carbocycles. The Kier molecular flexibility index (Phi) is 7.37. The Balaban J connectivity index is 0.00000242. The number of hydrogen-bond donors (Lipinski definition) is 1. The minimum absolute atomic E-state index is 0. The summed E-state index contributed by atoms with van der Waals surface area (Å²) in [6.45, 7) is 0. The smallest absolute Gasteiger partial charge is 0.590 e. The summed E-state index contributed by atoms with van der Waals surface area (Å²) < 4.78 is 5.08. The summed E-state index contributed by atoms with van der Waals surface area (Å²) in [6.07, 6.45) is 1.49. The molecule has 0 heterocycles. The van der Waals surface area contributed by atoms with Crippen molar-refractivity contribution in [3.05, 3.63) is 59.5 Å². The van der Waals surface area contributed by atoms with Crippen molar-refractivity contribution in [3.8, 4) is 11.5 Å². The van der Waals surface area contributed by atoms with E-state index in [4.69, 9.17) is 9.84 Å². The van der Waals surface area contributed by atoms with Crippen molar-refractivity contribution in [2.45, 2.75) is 0 Å². The molecule has 5 nitrogen and oxygen atoms in total. The van der Waals surface area contributed by atoms with Crippen molar-refractivity contribution < 1.29 is 26.6 Å². The van der Waals surface area contributed by atoms with Gasteiger partial charge in [-0.05, 0) is 24.3 Å². The van der Waals surface area contributed by atoms with Gasteiger partial charge in [0.25, 0.3) is 0 Å². The molecule has 2 aromatic rings. The zero-order chi connectivity index (χ0) is 15.1.